The Morgan fingerprint density at radius 1 is 1.04 bits per heavy atom. The van der Waals surface area contributed by atoms with Gasteiger partial charge in [0.1, 0.15) is 11.5 Å². The number of anilines is 1. The average molecular weight is 389 g/mol. The van der Waals surface area contributed by atoms with E-state index in [1.807, 2.05) is 79.7 Å². The van der Waals surface area contributed by atoms with Gasteiger partial charge in [-0.1, -0.05) is 36.0 Å². The minimum atomic E-state index is -0.0848. The number of hydrogen-bond donors (Lipinski definition) is 2. The lowest BCUT2D eigenvalue weighted by Crippen LogP contribution is -2.13. The fourth-order valence-electron chi connectivity index (χ4n) is 2.72. The van der Waals surface area contributed by atoms with Crippen molar-refractivity contribution < 1.29 is 9.53 Å². The SMILES string of the molecule is Cc1ccc2[nH]c(SCC(=O)Nc3ccc(Oc4ccccc4)cc3)nc2c1. The molecular weight excluding hydrogens is 370 g/mol. The molecule has 0 saturated carbocycles. The van der Waals surface area contributed by atoms with Crippen molar-refractivity contribution >= 4 is 34.4 Å². The summed E-state index contributed by atoms with van der Waals surface area (Å²) >= 11 is 1.38. The number of thioether (sulfide) groups is 1. The van der Waals surface area contributed by atoms with E-state index in [-0.39, 0.29) is 11.7 Å². The maximum Gasteiger partial charge on any atom is 0.234 e. The van der Waals surface area contributed by atoms with Gasteiger partial charge in [-0.15, -0.1) is 0 Å². The maximum atomic E-state index is 12.2. The van der Waals surface area contributed by atoms with Gasteiger partial charge in [-0.3, -0.25) is 4.79 Å². The number of hydrogen-bond acceptors (Lipinski definition) is 4. The highest BCUT2D eigenvalue weighted by atomic mass is 32.2. The van der Waals surface area contributed by atoms with Gasteiger partial charge in [-0.2, -0.15) is 0 Å². The van der Waals surface area contributed by atoms with Crippen molar-refractivity contribution in [2.24, 2.45) is 0 Å². The summed E-state index contributed by atoms with van der Waals surface area (Å²) < 4.78 is 5.75. The first-order valence-electron chi connectivity index (χ1n) is 8.88. The Bertz CT molecular complexity index is 1090. The molecule has 0 saturated heterocycles. The standard InChI is InChI=1S/C22H19N3O2S/c1-15-7-12-19-20(13-15)25-22(24-19)28-14-21(26)23-16-8-10-18(11-9-16)27-17-5-3-2-4-6-17/h2-13H,14H2,1H3,(H,23,26)(H,24,25). The number of nitrogens with one attached hydrogen (secondary N) is 2. The lowest BCUT2D eigenvalue weighted by molar-refractivity contribution is -0.113. The molecular formula is C22H19N3O2S. The first-order chi connectivity index (χ1) is 13.7. The number of aromatic amines is 1. The Labute approximate surface area is 167 Å². The number of H-pyrrole nitrogens is 1. The highest BCUT2D eigenvalue weighted by molar-refractivity contribution is 7.99. The third-order valence-electron chi connectivity index (χ3n) is 4.07. The number of aryl methyl sites for hydroxylation is 1. The third-order valence-corrected chi connectivity index (χ3v) is 4.95. The van der Waals surface area contributed by atoms with E-state index >= 15 is 0 Å². The molecule has 0 unspecified atom stereocenters. The number of carbonyl (C=O) groups is 1. The Balaban J connectivity index is 1.31. The molecule has 1 amide bonds. The molecule has 3 aromatic carbocycles. The van der Waals surface area contributed by atoms with Gasteiger partial charge in [0, 0.05) is 5.69 Å². The lowest BCUT2D eigenvalue weighted by Gasteiger charge is -2.07. The van der Waals surface area contributed by atoms with Crippen LogP contribution in [0.4, 0.5) is 5.69 Å². The van der Waals surface area contributed by atoms with Crippen molar-refractivity contribution in [3.63, 3.8) is 0 Å². The van der Waals surface area contributed by atoms with Crippen LogP contribution in [0.15, 0.2) is 78.0 Å². The number of rotatable bonds is 6. The van der Waals surface area contributed by atoms with Crippen molar-refractivity contribution in [3.05, 3.63) is 78.4 Å². The normalized spacial score (nSPS) is 10.8. The van der Waals surface area contributed by atoms with Gasteiger partial charge in [-0.25, -0.2) is 4.98 Å². The molecule has 1 aromatic heterocycles. The van der Waals surface area contributed by atoms with Crippen LogP contribution in [0.3, 0.4) is 0 Å². The fourth-order valence-corrected chi connectivity index (χ4v) is 3.41. The number of aromatic nitrogens is 2. The van der Waals surface area contributed by atoms with Crippen LogP contribution in [-0.2, 0) is 4.79 Å². The zero-order valence-corrected chi connectivity index (χ0v) is 16.1. The molecule has 0 bridgehead atoms. The largest absolute Gasteiger partial charge is 0.457 e. The molecule has 1 heterocycles. The second-order valence-corrected chi connectivity index (χ2v) is 7.30. The first kappa shape index (κ1) is 18.1. The Hall–Kier alpha value is -3.25. The summed E-state index contributed by atoms with van der Waals surface area (Å²) in [6, 6.07) is 22.9. The van der Waals surface area contributed by atoms with Gasteiger partial charge < -0.3 is 15.0 Å². The van der Waals surface area contributed by atoms with E-state index in [9.17, 15) is 4.79 Å². The predicted octanol–water partition coefficient (Wildman–Crippen LogP) is 5.39. The van der Waals surface area contributed by atoms with Gasteiger partial charge in [0.05, 0.1) is 16.8 Å². The summed E-state index contributed by atoms with van der Waals surface area (Å²) in [5.74, 6) is 1.69. The van der Waals surface area contributed by atoms with Gasteiger partial charge >= 0.3 is 0 Å². The van der Waals surface area contributed by atoms with Crippen LogP contribution < -0.4 is 10.1 Å². The number of fused-ring (bicyclic) bond motifs is 1. The fraction of sp³-hybridized carbons (Fsp3) is 0.0909. The quantitative estimate of drug-likeness (QED) is 0.434. The van der Waals surface area contributed by atoms with Crippen LogP contribution in [0, 0.1) is 6.92 Å². The molecule has 0 fully saturated rings. The van der Waals surface area contributed by atoms with Crippen LogP contribution in [-0.4, -0.2) is 21.6 Å². The maximum absolute atomic E-state index is 12.2. The minimum Gasteiger partial charge on any atom is -0.457 e. The molecule has 0 aliphatic rings. The number of imidazole rings is 1. The molecule has 5 nitrogen and oxygen atoms in total. The number of para-hydroxylation sites is 1. The van der Waals surface area contributed by atoms with E-state index in [1.165, 1.54) is 11.8 Å². The zero-order valence-electron chi connectivity index (χ0n) is 15.3. The van der Waals surface area contributed by atoms with E-state index < -0.39 is 0 Å². The molecule has 0 spiro atoms. The molecule has 0 atom stereocenters. The third kappa shape index (κ3) is 4.53. The van der Waals surface area contributed by atoms with Gasteiger partial charge in [0.15, 0.2) is 5.16 Å². The van der Waals surface area contributed by atoms with E-state index in [4.69, 9.17) is 4.74 Å². The van der Waals surface area contributed by atoms with Crippen LogP contribution in [0.5, 0.6) is 11.5 Å². The number of amides is 1. The lowest BCUT2D eigenvalue weighted by atomic mass is 10.2. The van der Waals surface area contributed by atoms with Gasteiger partial charge in [0.25, 0.3) is 0 Å². The summed E-state index contributed by atoms with van der Waals surface area (Å²) in [5, 5.41) is 3.63. The number of carbonyl (C=O) groups excluding carboxylic acids is 1. The summed E-state index contributed by atoms with van der Waals surface area (Å²) in [4.78, 5) is 20.0. The molecule has 6 heteroatoms. The highest BCUT2D eigenvalue weighted by Gasteiger charge is 2.08. The molecule has 28 heavy (non-hydrogen) atoms. The second kappa shape index (κ2) is 8.19. The van der Waals surface area contributed by atoms with Gasteiger partial charge in [-0.05, 0) is 61.0 Å². The van der Waals surface area contributed by atoms with E-state index in [0.29, 0.717) is 0 Å². The monoisotopic (exact) mass is 389 g/mol. The second-order valence-electron chi connectivity index (χ2n) is 6.34. The van der Waals surface area contributed by atoms with Crippen LogP contribution in [0.25, 0.3) is 11.0 Å². The smallest absolute Gasteiger partial charge is 0.234 e. The number of nitrogens with zero attached hydrogens (tertiary/aromatic N) is 1. The summed E-state index contributed by atoms with van der Waals surface area (Å²) in [6.07, 6.45) is 0. The molecule has 0 radical (unpaired) electrons. The van der Waals surface area contributed by atoms with Crippen LogP contribution >= 0.6 is 11.8 Å². The molecule has 0 aliphatic carbocycles. The van der Waals surface area contributed by atoms with Crippen molar-refractivity contribution in [2.75, 3.05) is 11.1 Å². The van der Waals surface area contributed by atoms with E-state index in [2.05, 4.69) is 15.3 Å². The van der Waals surface area contributed by atoms with E-state index in [0.717, 1.165) is 38.9 Å². The highest BCUT2D eigenvalue weighted by Crippen LogP contribution is 2.23. The molecule has 4 aromatic rings. The summed E-state index contributed by atoms with van der Waals surface area (Å²) in [6.45, 7) is 2.03. The molecule has 140 valence electrons. The Kier molecular flexibility index (Phi) is 5.30. The van der Waals surface area contributed by atoms with Crippen molar-refractivity contribution in [1.29, 1.82) is 0 Å². The van der Waals surface area contributed by atoms with Crippen molar-refractivity contribution in [2.45, 2.75) is 12.1 Å². The molecule has 4 rings (SSSR count). The molecule has 2 N–H and O–H groups in total. The number of benzene rings is 3. The van der Waals surface area contributed by atoms with Crippen LogP contribution in [0.2, 0.25) is 0 Å². The minimum absolute atomic E-state index is 0.0848. The van der Waals surface area contributed by atoms with E-state index in [1.54, 1.807) is 0 Å². The Morgan fingerprint density at radius 2 is 1.79 bits per heavy atom. The number of ether oxygens (including phenoxy) is 1. The predicted molar refractivity (Wildman–Crippen MR) is 113 cm³/mol. The zero-order chi connectivity index (χ0) is 19.3. The van der Waals surface area contributed by atoms with Crippen molar-refractivity contribution in [3.8, 4) is 11.5 Å². The van der Waals surface area contributed by atoms with Crippen LogP contribution in [0.1, 0.15) is 5.56 Å². The topological polar surface area (TPSA) is 67.0 Å². The summed E-state index contributed by atoms with van der Waals surface area (Å²) in [5.41, 5.74) is 3.78. The Morgan fingerprint density at radius 3 is 2.57 bits per heavy atom. The van der Waals surface area contributed by atoms with Gasteiger partial charge in [0.2, 0.25) is 5.91 Å². The molecule has 0 aliphatic heterocycles. The first-order valence-corrected chi connectivity index (χ1v) is 9.86. The average Bonchev–Trinajstić information content (AvgIpc) is 3.11. The van der Waals surface area contributed by atoms with Crippen molar-refractivity contribution in [1.82, 2.24) is 9.97 Å². The summed E-state index contributed by atoms with van der Waals surface area (Å²) in [7, 11) is 0.